The Kier molecular flexibility index (Phi) is 7.34. The Bertz CT molecular complexity index is 183. The molecular weight excluding hydrogens is 192 g/mol. The molecule has 1 amide bonds. The van der Waals surface area contributed by atoms with Gasteiger partial charge in [-0.2, -0.15) is 0 Å². The summed E-state index contributed by atoms with van der Waals surface area (Å²) in [5, 5.41) is 11.5. The number of aliphatic hydroxyl groups excluding tert-OH is 1. The van der Waals surface area contributed by atoms with Gasteiger partial charge in [0.2, 0.25) is 5.91 Å². The summed E-state index contributed by atoms with van der Waals surface area (Å²) in [5.74, 6) is 0.783. The Labute approximate surface area is 92.2 Å². The largest absolute Gasteiger partial charge is 0.394 e. The lowest BCUT2D eigenvalue weighted by atomic mass is 9.94. The van der Waals surface area contributed by atoms with Crippen LogP contribution >= 0.6 is 0 Å². The summed E-state index contributed by atoms with van der Waals surface area (Å²) < 4.78 is 0. The lowest BCUT2D eigenvalue weighted by Crippen LogP contribution is -2.37. The van der Waals surface area contributed by atoms with Crippen molar-refractivity contribution in [1.29, 1.82) is 0 Å². The van der Waals surface area contributed by atoms with Crippen molar-refractivity contribution in [2.24, 2.45) is 17.6 Å². The second-order valence-corrected chi connectivity index (χ2v) is 4.59. The molecule has 0 rings (SSSR count). The number of aliphatic hydroxyl groups is 1. The van der Waals surface area contributed by atoms with E-state index in [-0.39, 0.29) is 24.5 Å². The van der Waals surface area contributed by atoms with Crippen LogP contribution in [0.25, 0.3) is 0 Å². The molecule has 0 aliphatic heterocycles. The maximum absolute atomic E-state index is 11.5. The number of hydrogen-bond acceptors (Lipinski definition) is 3. The van der Waals surface area contributed by atoms with Gasteiger partial charge in [-0.1, -0.05) is 13.8 Å². The highest BCUT2D eigenvalue weighted by molar-refractivity contribution is 5.76. The third-order valence-electron chi connectivity index (χ3n) is 2.29. The van der Waals surface area contributed by atoms with Crippen LogP contribution in [-0.2, 0) is 4.79 Å². The zero-order valence-electron chi connectivity index (χ0n) is 9.99. The van der Waals surface area contributed by atoms with Crippen LogP contribution in [0.2, 0.25) is 0 Å². The average molecular weight is 216 g/mol. The standard InChI is InChI=1S/C11H24N2O2/c1-8(2)4-10(6-12)5-11(15)13-9(3)7-14/h8-10,14H,4-7,12H2,1-3H3,(H,13,15)/t9?,10-/m0/s1. The molecule has 0 heterocycles. The highest BCUT2D eigenvalue weighted by Gasteiger charge is 2.15. The Balaban J connectivity index is 3.90. The monoisotopic (exact) mass is 216 g/mol. The molecule has 90 valence electrons. The molecule has 4 heteroatoms. The number of carbonyl (C=O) groups excluding carboxylic acids is 1. The van der Waals surface area contributed by atoms with E-state index in [2.05, 4.69) is 19.2 Å². The molecule has 15 heavy (non-hydrogen) atoms. The van der Waals surface area contributed by atoms with Crippen LogP contribution in [0.4, 0.5) is 0 Å². The molecule has 0 saturated carbocycles. The van der Waals surface area contributed by atoms with E-state index in [0.717, 1.165) is 6.42 Å². The maximum atomic E-state index is 11.5. The van der Waals surface area contributed by atoms with Crippen LogP contribution in [0.5, 0.6) is 0 Å². The fraction of sp³-hybridized carbons (Fsp3) is 0.909. The molecule has 4 nitrogen and oxygen atoms in total. The van der Waals surface area contributed by atoms with Gasteiger partial charge in [-0.3, -0.25) is 4.79 Å². The smallest absolute Gasteiger partial charge is 0.220 e. The molecule has 2 atom stereocenters. The highest BCUT2D eigenvalue weighted by Crippen LogP contribution is 2.13. The highest BCUT2D eigenvalue weighted by atomic mass is 16.3. The van der Waals surface area contributed by atoms with Crippen molar-refractivity contribution in [3.63, 3.8) is 0 Å². The van der Waals surface area contributed by atoms with Crippen molar-refractivity contribution < 1.29 is 9.90 Å². The normalized spacial score (nSPS) is 15.1. The Morgan fingerprint density at radius 3 is 2.40 bits per heavy atom. The quantitative estimate of drug-likeness (QED) is 0.580. The van der Waals surface area contributed by atoms with Crippen LogP contribution in [0.3, 0.4) is 0 Å². The predicted octanol–water partition coefficient (Wildman–Crippen LogP) is 0.495. The zero-order chi connectivity index (χ0) is 11.8. The van der Waals surface area contributed by atoms with E-state index >= 15 is 0 Å². The van der Waals surface area contributed by atoms with Gasteiger partial charge in [0.05, 0.1) is 6.61 Å². The maximum Gasteiger partial charge on any atom is 0.220 e. The van der Waals surface area contributed by atoms with Crippen molar-refractivity contribution in [2.45, 2.75) is 39.7 Å². The molecule has 0 spiro atoms. The molecule has 0 aromatic rings. The van der Waals surface area contributed by atoms with Crippen LogP contribution in [0, 0.1) is 11.8 Å². The Morgan fingerprint density at radius 2 is 2.00 bits per heavy atom. The minimum atomic E-state index is -0.171. The minimum Gasteiger partial charge on any atom is -0.394 e. The average Bonchev–Trinajstić information content (AvgIpc) is 2.15. The molecule has 0 radical (unpaired) electrons. The Hall–Kier alpha value is -0.610. The first kappa shape index (κ1) is 14.4. The summed E-state index contributed by atoms with van der Waals surface area (Å²) in [6, 6.07) is -0.171. The molecule has 1 unspecified atom stereocenters. The number of rotatable bonds is 7. The second kappa shape index (κ2) is 7.65. The van der Waals surface area contributed by atoms with Crippen LogP contribution in [0.15, 0.2) is 0 Å². The summed E-state index contributed by atoms with van der Waals surface area (Å²) in [6.07, 6.45) is 1.43. The molecule has 0 aromatic carbocycles. The van der Waals surface area contributed by atoms with Gasteiger partial charge in [0.15, 0.2) is 0 Å². The molecular formula is C11H24N2O2. The number of nitrogens with one attached hydrogen (secondary N) is 1. The minimum absolute atomic E-state index is 0.0207. The van der Waals surface area contributed by atoms with Gasteiger partial charge in [-0.15, -0.1) is 0 Å². The van der Waals surface area contributed by atoms with Crippen molar-refractivity contribution in [3.05, 3.63) is 0 Å². The van der Waals surface area contributed by atoms with Gasteiger partial charge in [0.25, 0.3) is 0 Å². The van der Waals surface area contributed by atoms with Crippen LogP contribution in [-0.4, -0.2) is 30.2 Å². The van der Waals surface area contributed by atoms with Crippen molar-refractivity contribution >= 4 is 5.91 Å². The van der Waals surface area contributed by atoms with Gasteiger partial charge in [-0.25, -0.2) is 0 Å². The molecule has 0 bridgehead atoms. The zero-order valence-corrected chi connectivity index (χ0v) is 9.99. The summed E-state index contributed by atoms with van der Waals surface area (Å²) in [4.78, 5) is 11.5. The van der Waals surface area contributed by atoms with Crippen molar-refractivity contribution in [3.8, 4) is 0 Å². The SMILES string of the molecule is CC(C)C[C@H](CN)CC(=O)NC(C)CO. The predicted molar refractivity (Wildman–Crippen MR) is 61.3 cm³/mol. The van der Waals surface area contributed by atoms with Crippen LogP contribution in [0.1, 0.15) is 33.6 Å². The molecule has 0 aliphatic rings. The van der Waals surface area contributed by atoms with E-state index in [4.69, 9.17) is 10.8 Å². The van der Waals surface area contributed by atoms with Gasteiger partial charge in [-0.05, 0) is 31.7 Å². The van der Waals surface area contributed by atoms with Gasteiger partial charge in [0, 0.05) is 12.5 Å². The molecule has 0 aromatic heterocycles. The summed E-state index contributed by atoms with van der Waals surface area (Å²) in [5.41, 5.74) is 5.60. The van der Waals surface area contributed by atoms with E-state index < -0.39 is 0 Å². The van der Waals surface area contributed by atoms with Crippen LogP contribution < -0.4 is 11.1 Å². The van der Waals surface area contributed by atoms with E-state index in [1.54, 1.807) is 6.92 Å². The first-order valence-corrected chi connectivity index (χ1v) is 5.59. The lowest BCUT2D eigenvalue weighted by molar-refractivity contribution is -0.122. The second-order valence-electron chi connectivity index (χ2n) is 4.59. The van der Waals surface area contributed by atoms with Gasteiger partial charge >= 0.3 is 0 Å². The van der Waals surface area contributed by atoms with Crippen molar-refractivity contribution in [2.75, 3.05) is 13.2 Å². The first-order chi connectivity index (χ1) is 6.99. The Morgan fingerprint density at radius 1 is 1.40 bits per heavy atom. The van der Waals surface area contributed by atoms with Gasteiger partial charge in [0.1, 0.15) is 0 Å². The number of nitrogens with two attached hydrogens (primary N) is 1. The fourth-order valence-corrected chi connectivity index (χ4v) is 1.57. The topological polar surface area (TPSA) is 75.4 Å². The summed E-state index contributed by atoms with van der Waals surface area (Å²) in [6.45, 7) is 6.54. The van der Waals surface area contributed by atoms with E-state index in [0.29, 0.717) is 18.9 Å². The number of carbonyl (C=O) groups is 1. The van der Waals surface area contributed by atoms with E-state index in [1.165, 1.54) is 0 Å². The van der Waals surface area contributed by atoms with E-state index in [1.807, 2.05) is 0 Å². The summed E-state index contributed by atoms with van der Waals surface area (Å²) >= 11 is 0. The first-order valence-electron chi connectivity index (χ1n) is 5.59. The van der Waals surface area contributed by atoms with Gasteiger partial charge < -0.3 is 16.2 Å². The molecule has 0 saturated heterocycles. The number of hydrogen-bond donors (Lipinski definition) is 3. The fourth-order valence-electron chi connectivity index (χ4n) is 1.57. The molecule has 0 fully saturated rings. The summed E-state index contributed by atoms with van der Waals surface area (Å²) in [7, 11) is 0. The molecule has 4 N–H and O–H groups in total. The third kappa shape index (κ3) is 7.33. The lowest BCUT2D eigenvalue weighted by Gasteiger charge is -2.18. The molecule has 0 aliphatic carbocycles. The number of amides is 1. The third-order valence-corrected chi connectivity index (χ3v) is 2.29. The van der Waals surface area contributed by atoms with Crippen molar-refractivity contribution in [1.82, 2.24) is 5.32 Å². The van der Waals surface area contributed by atoms with E-state index in [9.17, 15) is 4.79 Å².